The highest BCUT2D eigenvalue weighted by Crippen LogP contribution is 2.20. The predicted molar refractivity (Wildman–Crippen MR) is 74.7 cm³/mol. The fourth-order valence-electron chi connectivity index (χ4n) is 1.74. The maximum atomic E-state index is 10.9. The summed E-state index contributed by atoms with van der Waals surface area (Å²) in [5.41, 5.74) is 3.30. The quantitative estimate of drug-likeness (QED) is 0.777. The van der Waals surface area contributed by atoms with Crippen LogP contribution in [-0.4, -0.2) is 33.0 Å². The third kappa shape index (κ3) is 3.51. The van der Waals surface area contributed by atoms with Gasteiger partial charge in [0, 0.05) is 41.5 Å². The maximum Gasteiger partial charge on any atom is 0.0695 e. The molecule has 2 rings (SSSR count). The summed E-state index contributed by atoms with van der Waals surface area (Å²) in [5.74, 6) is 0.679. The van der Waals surface area contributed by atoms with Crippen LogP contribution in [0.1, 0.15) is 5.56 Å². The lowest BCUT2D eigenvalue weighted by Crippen LogP contribution is -2.19. The topological polar surface area (TPSA) is 57.8 Å². The van der Waals surface area contributed by atoms with Crippen LogP contribution in [-0.2, 0) is 17.3 Å². The summed E-state index contributed by atoms with van der Waals surface area (Å²) in [6.07, 6.45) is 3.55. The molecule has 1 aromatic heterocycles. The summed E-state index contributed by atoms with van der Waals surface area (Å²) in [5, 5.41) is 10.4. The molecule has 1 aromatic carbocycles. The van der Waals surface area contributed by atoms with Gasteiger partial charge in [-0.25, -0.2) is 0 Å². The van der Waals surface area contributed by atoms with Gasteiger partial charge >= 0.3 is 0 Å². The van der Waals surface area contributed by atoms with E-state index in [9.17, 15) is 4.21 Å². The van der Waals surface area contributed by atoms with Gasteiger partial charge in [-0.2, -0.15) is 5.10 Å². The van der Waals surface area contributed by atoms with Crippen LogP contribution >= 0.6 is 0 Å². The Morgan fingerprint density at radius 3 is 2.83 bits per heavy atom. The van der Waals surface area contributed by atoms with Crippen LogP contribution < -0.4 is 5.32 Å². The average Bonchev–Trinajstić information content (AvgIpc) is 2.84. The van der Waals surface area contributed by atoms with Crippen LogP contribution in [0.2, 0.25) is 0 Å². The van der Waals surface area contributed by atoms with E-state index in [2.05, 4.69) is 27.6 Å². The van der Waals surface area contributed by atoms with Crippen molar-refractivity contribution in [2.45, 2.75) is 6.54 Å². The number of nitrogens with one attached hydrogen (secondary N) is 2. The van der Waals surface area contributed by atoms with Crippen molar-refractivity contribution >= 4 is 10.8 Å². The van der Waals surface area contributed by atoms with E-state index < -0.39 is 10.8 Å². The van der Waals surface area contributed by atoms with E-state index in [0.29, 0.717) is 5.75 Å². The van der Waals surface area contributed by atoms with Gasteiger partial charge in [-0.3, -0.25) is 9.31 Å². The van der Waals surface area contributed by atoms with Crippen molar-refractivity contribution in [2.75, 3.05) is 18.6 Å². The van der Waals surface area contributed by atoms with E-state index in [1.807, 2.05) is 24.4 Å². The number of rotatable bonds is 6. The van der Waals surface area contributed by atoms with Gasteiger partial charge in [-0.05, 0) is 5.56 Å². The van der Waals surface area contributed by atoms with Gasteiger partial charge in [-0.15, -0.1) is 0 Å². The summed E-state index contributed by atoms with van der Waals surface area (Å²) >= 11 is 0. The second kappa shape index (κ2) is 6.47. The van der Waals surface area contributed by atoms with Crippen LogP contribution in [0.5, 0.6) is 0 Å². The molecule has 0 saturated carbocycles. The largest absolute Gasteiger partial charge is 0.312 e. The molecule has 18 heavy (non-hydrogen) atoms. The predicted octanol–water partition coefficient (Wildman–Crippen LogP) is 1.54. The third-order valence-electron chi connectivity index (χ3n) is 2.66. The first-order valence-corrected chi connectivity index (χ1v) is 7.58. The van der Waals surface area contributed by atoms with Crippen LogP contribution in [0.25, 0.3) is 11.3 Å². The summed E-state index contributed by atoms with van der Waals surface area (Å²) in [6.45, 7) is 1.49. The summed E-state index contributed by atoms with van der Waals surface area (Å²) in [7, 11) is -0.741. The lowest BCUT2D eigenvalue weighted by atomic mass is 10.1. The first-order chi connectivity index (χ1) is 8.77. The molecule has 0 radical (unpaired) electrons. The summed E-state index contributed by atoms with van der Waals surface area (Å²) in [4.78, 5) is 0. The highest BCUT2D eigenvalue weighted by Gasteiger charge is 2.06. The lowest BCUT2D eigenvalue weighted by Gasteiger charge is -2.05. The molecule has 0 spiro atoms. The van der Waals surface area contributed by atoms with Crippen LogP contribution in [0.3, 0.4) is 0 Å². The molecule has 0 aliphatic rings. The Kier molecular flexibility index (Phi) is 4.66. The highest BCUT2D eigenvalue weighted by atomic mass is 32.2. The van der Waals surface area contributed by atoms with Gasteiger partial charge in [0.25, 0.3) is 0 Å². The van der Waals surface area contributed by atoms with Gasteiger partial charge < -0.3 is 5.32 Å². The second-order valence-electron chi connectivity index (χ2n) is 4.09. The Bertz CT molecular complexity index is 510. The molecule has 1 unspecified atom stereocenters. The van der Waals surface area contributed by atoms with Gasteiger partial charge in [0.15, 0.2) is 0 Å². The molecule has 0 saturated heterocycles. The molecule has 2 N–H and O–H groups in total. The molecular weight excluding hydrogens is 246 g/mol. The molecular formula is C13H17N3OS. The molecule has 1 atom stereocenters. The summed E-state index contributed by atoms with van der Waals surface area (Å²) < 4.78 is 10.9. The number of aromatic nitrogens is 2. The number of aromatic amines is 1. The van der Waals surface area contributed by atoms with Crippen LogP contribution in [0.15, 0.2) is 36.5 Å². The normalized spacial score (nSPS) is 12.5. The average molecular weight is 263 g/mol. The minimum absolute atomic E-state index is 0.679. The smallest absolute Gasteiger partial charge is 0.0695 e. The van der Waals surface area contributed by atoms with Crippen molar-refractivity contribution in [3.05, 3.63) is 42.1 Å². The Morgan fingerprint density at radius 1 is 1.33 bits per heavy atom. The lowest BCUT2D eigenvalue weighted by molar-refractivity contribution is 0.677. The van der Waals surface area contributed by atoms with Crippen molar-refractivity contribution in [2.24, 2.45) is 0 Å². The van der Waals surface area contributed by atoms with Gasteiger partial charge in [-0.1, -0.05) is 30.3 Å². The van der Waals surface area contributed by atoms with E-state index in [0.717, 1.165) is 29.9 Å². The molecule has 0 bridgehead atoms. The minimum atomic E-state index is -0.741. The zero-order chi connectivity index (χ0) is 12.8. The standard InChI is InChI=1S/C13H17N3OS/c1-18(17)8-7-14-9-12-10-15-16-13(12)11-5-3-2-4-6-11/h2-6,10,14H,7-9H2,1H3,(H,15,16). The second-order valence-corrected chi connectivity index (χ2v) is 5.64. The molecule has 4 nitrogen and oxygen atoms in total. The van der Waals surface area contributed by atoms with Crippen molar-refractivity contribution in [1.29, 1.82) is 0 Å². The monoisotopic (exact) mass is 263 g/mol. The number of H-pyrrole nitrogens is 1. The molecule has 0 aliphatic heterocycles. The highest BCUT2D eigenvalue weighted by molar-refractivity contribution is 7.84. The van der Waals surface area contributed by atoms with E-state index in [4.69, 9.17) is 0 Å². The first kappa shape index (κ1) is 13.0. The Morgan fingerprint density at radius 2 is 2.11 bits per heavy atom. The van der Waals surface area contributed by atoms with E-state index in [1.54, 1.807) is 6.26 Å². The van der Waals surface area contributed by atoms with E-state index in [1.165, 1.54) is 0 Å². The van der Waals surface area contributed by atoms with Crippen molar-refractivity contribution in [3.8, 4) is 11.3 Å². The van der Waals surface area contributed by atoms with E-state index >= 15 is 0 Å². The molecule has 5 heteroatoms. The van der Waals surface area contributed by atoms with Gasteiger partial charge in [0.1, 0.15) is 0 Å². The molecule has 0 fully saturated rings. The van der Waals surface area contributed by atoms with E-state index in [-0.39, 0.29) is 0 Å². The third-order valence-corrected chi connectivity index (χ3v) is 3.44. The number of hydrogen-bond acceptors (Lipinski definition) is 3. The number of hydrogen-bond donors (Lipinski definition) is 2. The first-order valence-electron chi connectivity index (χ1n) is 5.86. The van der Waals surface area contributed by atoms with Crippen molar-refractivity contribution < 1.29 is 4.21 Å². The van der Waals surface area contributed by atoms with Gasteiger partial charge in [0.2, 0.25) is 0 Å². The number of benzene rings is 1. The SMILES string of the molecule is CS(=O)CCNCc1cn[nH]c1-c1ccccc1. The molecule has 1 heterocycles. The van der Waals surface area contributed by atoms with Gasteiger partial charge in [0.05, 0.1) is 11.9 Å². The zero-order valence-electron chi connectivity index (χ0n) is 10.3. The Hall–Kier alpha value is -1.46. The fourth-order valence-corrected chi connectivity index (χ4v) is 2.17. The number of nitrogens with zero attached hydrogens (tertiary/aromatic N) is 1. The minimum Gasteiger partial charge on any atom is -0.312 e. The Labute approximate surface area is 109 Å². The molecule has 0 aliphatic carbocycles. The van der Waals surface area contributed by atoms with Crippen LogP contribution in [0.4, 0.5) is 0 Å². The fraction of sp³-hybridized carbons (Fsp3) is 0.308. The molecule has 2 aromatic rings. The van der Waals surface area contributed by atoms with Crippen LogP contribution in [0, 0.1) is 0 Å². The molecule has 0 amide bonds. The summed E-state index contributed by atoms with van der Waals surface area (Å²) in [6, 6.07) is 10.1. The van der Waals surface area contributed by atoms with Crippen molar-refractivity contribution in [3.63, 3.8) is 0 Å². The zero-order valence-corrected chi connectivity index (χ0v) is 11.2. The molecule has 96 valence electrons. The van der Waals surface area contributed by atoms with Crippen molar-refractivity contribution in [1.82, 2.24) is 15.5 Å². The Balaban J connectivity index is 1.98. The maximum absolute atomic E-state index is 10.9.